The maximum absolute atomic E-state index is 13.3. The van der Waals surface area contributed by atoms with Gasteiger partial charge in [-0.15, -0.1) is 0 Å². The van der Waals surface area contributed by atoms with Gasteiger partial charge in [0.2, 0.25) is 0 Å². The number of halogens is 1. The molecule has 6 nitrogen and oxygen atoms in total. The summed E-state index contributed by atoms with van der Waals surface area (Å²) in [4.78, 5) is 25.4. The summed E-state index contributed by atoms with van der Waals surface area (Å²) in [6.07, 6.45) is 2.28. The molecule has 2 aromatic rings. The molecule has 3 amide bonds. The van der Waals surface area contributed by atoms with Crippen LogP contribution in [0.2, 0.25) is 0 Å². The Balaban J connectivity index is 1.76. The average Bonchev–Trinajstić information content (AvgIpc) is 2.94. The van der Waals surface area contributed by atoms with Crippen molar-refractivity contribution in [2.75, 3.05) is 13.7 Å². The van der Waals surface area contributed by atoms with Gasteiger partial charge in [0, 0.05) is 6.54 Å². The predicted octanol–water partition coefficient (Wildman–Crippen LogP) is 3.72. The highest BCUT2D eigenvalue weighted by molar-refractivity contribution is 6.13. The van der Waals surface area contributed by atoms with Gasteiger partial charge in [0.1, 0.15) is 18.1 Å². The molecule has 0 bridgehead atoms. The third-order valence-electron chi connectivity index (χ3n) is 4.19. The van der Waals surface area contributed by atoms with Crippen LogP contribution in [0.15, 0.2) is 48.2 Å². The van der Waals surface area contributed by atoms with Crippen LogP contribution in [-0.2, 0) is 11.4 Å². The fourth-order valence-corrected chi connectivity index (χ4v) is 2.85. The molecule has 0 aliphatic carbocycles. The molecule has 0 atom stereocenters. The summed E-state index contributed by atoms with van der Waals surface area (Å²) < 4.78 is 24.4. The zero-order chi connectivity index (χ0) is 20.1. The van der Waals surface area contributed by atoms with Gasteiger partial charge in [0.15, 0.2) is 11.5 Å². The van der Waals surface area contributed by atoms with Gasteiger partial charge in [0.05, 0.1) is 7.11 Å². The molecule has 2 aromatic carbocycles. The first-order chi connectivity index (χ1) is 13.5. The Morgan fingerprint density at radius 3 is 2.68 bits per heavy atom. The van der Waals surface area contributed by atoms with E-state index in [1.165, 1.54) is 24.1 Å². The molecule has 0 saturated carbocycles. The maximum atomic E-state index is 13.3. The SMILES string of the molecule is CCCN1C(=O)N/C(=C/c2ccc(OCc3cccc(F)c3)c(OC)c2)C1=O. The second-order valence-corrected chi connectivity index (χ2v) is 6.27. The number of amides is 3. The Labute approximate surface area is 162 Å². The second kappa shape index (κ2) is 8.56. The number of methoxy groups -OCH3 is 1. The van der Waals surface area contributed by atoms with Gasteiger partial charge in [0.25, 0.3) is 5.91 Å². The lowest BCUT2D eigenvalue weighted by atomic mass is 10.1. The quantitative estimate of drug-likeness (QED) is 0.584. The number of ether oxygens (including phenoxy) is 2. The van der Waals surface area contributed by atoms with Crippen molar-refractivity contribution in [3.63, 3.8) is 0 Å². The van der Waals surface area contributed by atoms with Crippen molar-refractivity contribution >= 4 is 18.0 Å². The first-order valence-electron chi connectivity index (χ1n) is 8.91. The Hall–Kier alpha value is -3.35. The van der Waals surface area contributed by atoms with E-state index in [4.69, 9.17) is 9.47 Å². The predicted molar refractivity (Wildman–Crippen MR) is 102 cm³/mol. The van der Waals surface area contributed by atoms with Crippen molar-refractivity contribution in [2.24, 2.45) is 0 Å². The fraction of sp³-hybridized carbons (Fsp3) is 0.238. The monoisotopic (exact) mass is 384 g/mol. The molecule has 1 heterocycles. The molecular weight excluding hydrogens is 363 g/mol. The molecule has 0 aromatic heterocycles. The van der Waals surface area contributed by atoms with Crippen LogP contribution in [0.25, 0.3) is 6.08 Å². The Morgan fingerprint density at radius 2 is 1.96 bits per heavy atom. The van der Waals surface area contributed by atoms with E-state index in [1.807, 2.05) is 6.92 Å². The average molecular weight is 384 g/mol. The van der Waals surface area contributed by atoms with E-state index >= 15 is 0 Å². The second-order valence-electron chi connectivity index (χ2n) is 6.27. The molecule has 1 aliphatic rings. The first-order valence-corrected chi connectivity index (χ1v) is 8.91. The van der Waals surface area contributed by atoms with E-state index in [0.717, 1.165) is 0 Å². The summed E-state index contributed by atoms with van der Waals surface area (Å²) in [5, 5.41) is 2.58. The third-order valence-corrected chi connectivity index (χ3v) is 4.19. The number of urea groups is 1. The molecule has 1 saturated heterocycles. The van der Waals surface area contributed by atoms with Crippen LogP contribution in [0.3, 0.4) is 0 Å². The number of benzene rings is 2. The lowest BCUT2D eigenvalue weighted by Crippen LogP contribution is -2.31. The number of rotatable bonds is 7. The molecule has 1 aliphatic heterocycles. The maximum Gasteiger partial charge on any atom is 0.329 e. The van der Waals surface area contributed by atoms with Crippen LogP contribution in [0.4, 0.5) is 9.18 Å². The van der Waals surface area contributed by atoms with Gasteiger partial charge >= 0.3 is 6.03 Å². The minimum atomic E-state index is -0.417. The minimum Gasteiger partial charge on any atom is -0.493 e. The highest BCUT2D eigenvalue weighted by Gasteiger charge is 2.32. The third kappa shape index (κ3) is 4.31. The molecule has 0 spiro atoms. The number of hydrogen-bond donors (Lipinski definition) is 1. The largest absolute Gasteiger partial charge is 0.493 e. The van der Waals surface area contributed by atoms with Crippen LogP contribution in [-0.4, -0.2) is 30.5 Å². The van der Waals surface area contributed by atoms with E-state index in [1.54, 1.807) is 36.4 Å². The van der Waals surface area contributed by atoms with Gasteiger partial charge in [-0.3, -0.25) is 9.69 Å². The molecule has 3 rings (SSSR count). The highest BCUT2D eigenvalue weighted by atomic mass is 19.1. The van der Waals surface area contributed by atoms with Crippen molar-refractivity contribution in [3.05, 3.63) is 65.1 Å². The zero-order valence-electron chi connectivity index (χ0n) is 15.7. The number of hydrogen-bond acceptors (Lipinski definition) is 4. The van der Waals surface area contributed by atoms with Crippen LogP contribution in [0, 0.1) is 5.82 Å². The molecular formula is C21H21FN2O4. The smallest absolute Gasteiger partial charge is 0.329 e. The highest BCUT2D eigenvalue weighted by Crippen LogP contribution is 2.30. The number of carbonyl (C=O) groups excluding carboxylic acids is 2. The lowest BCUT2D eigenvalue weighted by Gasteiger charge is -2.12. The Bertz CT molecular complexity index is 926. The van der Waals surface area contributed by atoms with Gasteiger partial charge in [-0.2, -0.15) is 0 Å². The van der Waals surface area contributed by atoms with E-state index in [2.05, 4.69) is 5.32 Å². The van der Waals surface area contributed by atoms with Crippen molar-refractivity contribution in [1.82, 2.24) is 10.2 Å². The van der Waals surface area contributed by atoms with Crippen LogP contribution >= 0.6 is 0 Å². The van der Waals surface area contributed by atoms with Crippen LogP contribution < -0.4 is 14.8 Å². The summed E-state index contributed by atoms with van der Waals surface area (Å²) in [5.41, 5.74) is 1.59. The number of carbonyl (C=O) groups is 2. The first kappa shape index (κ1) is 19.4. The van der Waals surface area contributed by atoms with E-state index in [9.17, 15) is 14.0 Å². The molecule has 1 N–H and O–H groups in total. The van der Waals surface area contributed by atoms with Crippen molar-refractivity contribution in [1.29, 1.82) is 0 Å². The normalized spacial score (nSPS) is 15.1. The van der Waals surface area contributed by atoms with Crippen molar-refractivity contribution < 1.29 is 23.5 Å². The molecule has 0 radical (unpaired) electrons. The fourth-order valence-electron chi connectivity index (χ4n) is 2.85. The summed E-state index contributed by atoms with van der Waals surface area (Å²) in [5.74, 6) is 0.281. The summed E-state index contributed by atoms with van der Waals surface area (Å²) in [7, 11) is 1.51. The van der Waals surface area contributed by atoms with Gasteiger partial charge in [-0.05, 0) is 47.9 Å². The Morgan fingerprint density at radius 1 is 1.14 bits per heavy atom. The van der Waals surface area contributed by atoms with Crippen molar-refractivity contribution in [3.8, 4) is 11.5 Å². The van der Waals surface area contributed by atoms with Crippen LogP contribution in [0.5, 0.6) is 11.5 Å². The van der Waals surface area contributed by atoms with Gasteiger partial charge in [-0.1, -0.05) is 25.1 Å². The standard InChI is InChI=1S/C21H21FN2O4/c1-3-9-24-20(25)17(23-21(24)26)11-14-7-8-18(19(12-14)27-2)28-13-15-5-4-6-16(22)10-15/h4-8,10-12H,3,9,13H2,1-2H3,(H,23,26)/b17-11+. The van der Waals surface area contributed by atoms with E-state index in [0.29, 0.717) is 35.6 Å². The van der Waals surface area contributed by atoms with E-state index < -0.39 is 6.03 Å². The number of imide groups is 1. The van der Waals surface area contributed by atoms with Gasteiger partial charge < -0.3 is 14.8 Å². The van der Waals surface area contributed by atoms with Crippen LogP contribution in [0.1, 0.15) is 24.5 Å². The lowest BCUT2D eigenvalue weighted by molar-refractivity contribution is -0.122. The van der Waals surface area contributed by atoms with E-state index in [-0.39, 0.29) is 24.0 Å². The summed E-state index contributed by atoms with van der Waals surface area (Å²) in [6, 6.07) is 10.9. The topological polar surface area (TPSA) is 67.9 Å². The number of nitrogens with one attached hydrogen (secondary N) is 1. The molecule has 1 fully saturated rings. The summed E-state index contributed by atoms with van der Waals surface area (Å²) >= 11 is 0. The Kier molecular flexibility index (Phi) is 5.93. The minimum absolute atomic E-state index is 0.190. The van der Waals surface area contributed by atoms with Gasteiger partial charge in [-0.25, -0.2) is 9.18 Å². The zero-order valence-corrected chi connectivity index (χ0v) is 15.7. The summed E-state index contributed by atoms with van der Waals surface area (Å²) in [6.45, 7) is 2.46. The van der Waals surface area contributed by atoms with Crippen molar-refractivity contribution in [2.45, 2.75) is 20.0 Å². The number of nitrogens with zero attached hydrogens (tertiary/aromatic N) is 1. The molecule has 7 heteroatoms. The molecule has 28 heavy (non-hydrogen) atoms. The molecule has 146 valence electrons. The molecule has 0 unspecified atom stereocenters.